The number of nitrogens with zero attached hydrogens (tertiary/aromatic N) is 2. The highest BCUT2D eigenvalue weighted by Crippen LogP contribution is 1.88. The number of hydrogen-bond donors (Lipinski definition) is 1. The second kappa shape index (κ2) is 5.26. The normalized spacial score (nSPS) is 10.4. The lowest BCUT2D eigenvalue weighted by Gasteiger charge is -1.93. The molecule has 0 fully saturated rings. The molecule has 64 valence electrons. The van der Waals surface area contributed by atoms with Crippen LogP contribution in [0.4, 0.5) is 0 Å². The lowest BCUT2D eigenvalue weighted by Crippen LogP contribution is -2.05. The molecule has 12 heavy (non-hydrogen) atoms. The van der Waals surface area contributed by atoms with E-state index in [4.69, 9.17) is 10.6 Å². The first-order valence-electron chi connectivity index (χ1n) is 3.70. The molecule has 1 aromatic heterocycles. The highest BCUT2D eigenvalue weighted by molar-refractivity contribution is 5.76. The average Bonchev–Trinajstić information content (AvgIpc) is 2.14. The van der Waals surface area contributed by atoms with Gasteiger partial charge in [-0.2, -0.15) is 0 Å². The molecule has 0 spiro atoms. The van der Waals surface area contributed by atoms with Crippen molar-refractivity contribution in [2.45, 2.75) is 0 Å². The minimum atomic E-state index is 0.434. The van der Waals surface area contributed by atoms with E-state index in [9.17, 15) is 0 Å². The van der Waals surface area contributed by atoms with E-state index in [-0.39, 0.29) is 0 Å². The largest absolute Gasteiger partial charge is 0.394 e. The topological polar surface area (TPSA) is 60.5 Å². The summed E-state index contributed by atoms with van der Waals surface area (Å²) in [5.74, 6) is 0. The standard InChI is InChI=1S/C8H11N3O/c9-4-6-12-11-7-8-3-1-2-5-10-8/h1-3,5,7H,4,6,9H2. The fourth-order valence-electron chi connectivity index (χ4n) is 0.649. The van der Waals surface area contributed by atoms with Gasteiger partial charge in [-0.1, -0.05) is 11.2 Å². The van der Waals surface area contributed by atoms with Crippen LogP contribution in [0.3, 0.4) is 0 Å². The van der Waals surface area contributed by atoms with Crippen LogP contribution in [-0.4, -0.2) is 24.4 Å². The van der Waals surface area contributed by atoms with Crippen LogP contribution in [0.5, 0.6) is 0 Å². The monoisotopic (exact) mass is 165 g/mol. The van der Waals surface area contributed by atoms with E-state index in [1.54, 1.807) is 12.4 Å². The second-order valence-corrected chi connectivity index (χ2v) is 2.11. The summed E-state index contributed by atoms with van der Waals surface area (Å²) in [6.45, 7) is 0.906. The smallest absolute Gasteiger partial charge is 0.129 e. The van der Waals surface area contributed by atoms with Gasteiger partial charge in [-0.15, -0.1) is 0 Å². The third-order valence-electron chi connectivity index (χ3n) is 1.16. The summed E-state index contributed by atoms with van der Waals surface area (Å²) < 4.78 is 0. The molecule has 0 bridgehead atoms. The minimum Gasteiger partial charge on any atom is -0.394 e. The summed E-state index contributed by atoms with van der Waals surface area (Å²) in [4.78, 5) is 8.81. The first-order valence-corrected chi connectivity index (χ1v) is 3.70. The van der Waals surface area contributed by atoms with E-state index < -0.39 is 0 Å². The molecule has 0 aliphatic carbocycles. The Labute approximate surface area is 71.0 Å². The molecule has 0 amide bonds. The molecule has 0 saturated carbocycles. The van der Waals surface area contributed by atoms with Crippen molar-refractivity contribution < 1.29 is 4.84 Å². The van der Waals surface area contributed by atoms with Gasteiger partial charge < -0.3 is 10.6 Å². The number of rotatable bonds is 4. The van der Waals surface area contributed by atoms with Crippen molar-refractivity contribution in [1.82, 2.24) is 4.98 Å². The van der Waals surface area contributed by atoms with Crippen LogP contribution in [0.2, 0.25) is 0 Å². The summed E-state index contributed by atoms with van der Waals surface area (Å²) >= 11 is 0. The first-order chi connectivity index (χ1) is 5.93. The van der Waals surface area contributed by atoms with Gasteiger partial charge in [0.05, 0.1) is 11.9 Å². The Kier molecular flexibility index (Phi) is 3.80. The number of hydrogen-bond acceptors (Lipinski definition) is 4. The average molecular weight is 165 g/mol. The molecule has 0 radical (unpaired) electrons. The Hall–Kier alpha value is -1.42. The summed E-state index contributed by atoms with van der Waals surface area (Å²) in [6.07, 6.45) is 3.25. The molecule has 1 aromatic rings. The van der Waals surface area contributed by atoms with Crippen LogP contribution in [-0.2, 0) is 4.84 Å². The van der Waals surface area contributed by atoms with Crippen LogP contribution in [0.15, 0.2) is 29.6 Å². The third kappa shape index (κ3) is 3.12. The molecule has 4 nitrogen and oxygen atoms in total. The third-order valence-corrected chi connectivity index (χ3v) is 1.16. The highest BCUT2D eigenvalue weighted by atomic mass is 16.6. The molecule has 1 heterocycles. The number of pyridine rings is 1. The summed E-state index contributed by atoms with van der Waals surface area (Å²) in [5.41, 5.74) is 5.97. The van der Waals surface area contributed by atoms with E-state index in [0.29, 0.717) is 13.2 Å². The minimum absolute atomic E-state index is 0.434. The van der Waals surface area contributed by atoms with Crippen LogP contribution in [0.1, 0.15) is 5.69 Å². The van der Waals surface area contributed by atoms with Crippen LogP contribution in [0, 0.1) is 0 Å². The zero-order valence-corrected chi connectivity index (χ0v) is 6.68. The summed E-state index contributed by atoms with van der Waals surface area (Å²) in [7, 11) is 0. The quantitative estimate of drug-likeness (QED) is 0.399. The molecule has 0 atom stereocenters. The van der Waals surface area contributed by atoms with Gasteiger partial charge in [0.1, 0.15) is 6.61 Å². The van der Waals surface area contributed by atoms with Gasteiger partial charge in [0.2, 0.25) is 0 Å². The van der Waals surface area contributed by atoms with Crippen molar-refractivity contribution in [2.75, 3.05) is 13.2 Å². The molecular formula is C8H11N3O. The molecular weight excluding hydrogens is 154 g/mol. The van der Waals surface area contributed by atoms with Gasteiger partial charge >= 0.3 is 0 Å². The Bertz CT molecular complexity index is 235. The van der Waals surface area contributed by atoms with Crippen LogP contribution in [0.25, 0.3) is 0 Å². The second-order valence-electron chi connectivity index (χ2n) is 2.11. The van der Waals surface area contributed by atoms with Gasteiger partial charge in [-0.3, -0.25) is 4.98 Å². The lowest BCUT2D eigenvalue weighted by molar-refractivity contribution is 0.154. The number of oxime groups is 1. The Morgan fingerprint density at radius 2 is 2.50 bits per heavy atom. The fraction of sp³-hybridized carbons (Fsp3) is 0.250. The predicted octanol–water partition coefficient (Wildman–Crippen LogP) is 0.391. The SMILES string of the molecule is NCCON=Cc1ccccn1. The van der Waals surface area contributed by atoms with Gasteiger partial charge in [-0.25, -0.2) is 0 Å². The first kappa shape index (κ1) is 8.67. The maximum Gasteiger partial charge on any atom is 0.129 e. The zero-order valence-electron chi connectivity index (χ0n) is 6.68. The molecule has 0 aromatic carbocycles. The number of aromatic nitrogens is 1. The van der Waals surface area contributed by atoms with Crippen molar-refractivity contribution in [3.63, 3.8) is 0 Å². The highest BCUT2D eigenvalue weighted by Gasteiger charge is 1.84. The van der Waals surface area contributed by atoms with Gasteiger partial charge in [-0.05, 0) is 12.1 Å². The maximum absolute atomic E-state index is 5.19. The van der Waals surface area contributed by atoms with E-state index in [1.807, 2.05) is 18.2 Å². The molecule has 4 heteroatoms. The molecule has 0 unspecified atom stereocenters. The summed E-state index contributed by atoms with van der Waals surface area (Å²) in [5, 5.41) is 3.66. The van der Waals surface area contributed by atoms with E-state index in [0.717, 1.165) is 5.69 Å². The number of nitrogens with two attached hydrogens (primary N) is 1. The van der Waals surface area contributed by atoms with Crippen molar-refractivity contribution in [1.29, 1.82) is 0 Å². The van der Waals surface area contributed by atoms with Gasteiger partial charge in [0.25, 0.3) is 0 Å². The maximum atomic E-state index is 5.19. The Balaban J connectivity index is 2.36. The van der Waals surface area contributed by atoms with Crippen molar-refractivity contribution in [3.8, 4) is 0 Å². The van der Waals surface area contributed by atoms with E-state index in [2.05, 4.69) is 10.1 Å². The van der Waals surface area contributed by atoms with E-state index >= 15 is 0 Å². The van der Waals surface area contributed by atoms with E-state index in [1.165, 1.54) is 0 Å². The van der Waals surface area contributed by atoms with Crippen molar-refractivity contribution in [2.24, 2.45) is 10.9 Å². The zero-order chi connectivity index (χ0) is 8.65. The predicted molar refractivity (Wildman–Crippen MR) is 46.8 cm³/mol. The molecule has 0 saturated heterocycles. The van der Waals surface area contributed by atoms with Crippen LogP contribution < -0.4 is 5.73 Å². The van der Waals surface area contributed by atoms with Gasteiger partial charge in [0.15, 0.2) is 0 Å². The fourth-order valence-corrected chi connectivity index (χ4v) is 0.649. The Morgan fingerprint density at radius 1 is 1.58 bits per heavy atom. The van der Waals surface area contributed by atoms with Crippen LogP contribution >= 0.6 is 0 Å². The van der Waals surface area contributed by atoms with Crippen molar-refractivity contribution in [3.05, 3.63) is 30.1 Å². The molecule has 1 rings (SSSR count). The molecule has 2 N–H and O–H groups in total. The van der Waals surface area contributed by atoms with Gasteiger partial charge in [0, 0.05) is 12.7 Å². The molecule has 0 aliphatic heterocycles. The molecule has 0 aliphatic rings. The lowest BCUT2D eigenvalue weighted by atomic mass is 10.4. The van der Waals surface area contributed by atoms with Crippen molar-refractivity contribution >= 4 is 6.21 Å². The summed E-state index contributed by atoms with van der Waals surface area (Å²) in [6, 6.07) is 5.57. The Morgan fingerprint density at radius 3 is 3.17 bits per heavy atom.